The summed E-state index contributed by atoms with van der Waals surface area (Å²) in [5, 5.41) is 9.97. The van der Waals surface area contributed by atoms with Crippen LogP contribution in [0.25, 0.3) is 0 Å². The molecule has 2 aliphatic heterocycles. The maximum Gasteiger partial charge on any atom is 0.271 e. The van der Waals surface area contributed by atoms with Crippen molar-refractivity contribution >= 4 is 21.6 Å². The Morgan fingerprint density at radius 3 is 2.48 bits per heavy atom. The van der Waals surface area contributed by atoms with E-state index >= 15 is 9.18 Å². The standard InChI is InChI=1S/C33H32FN5O6S/c1-37(2)19-22-6-12-30(44-4)27(16-22)33(38-20-23(34)17-29(38)31-36-13-14-45-31)26-15-21(18-35)5-11-28(26)39(32(33)40)46(41,42)25-9-7-24(43-3)8-10-25/h5-16,23,29H,17,19-20H2,1-4H3. The molecule has 46 heavy (non-hydrogen) atoms. The van der Waals surface area contributed by atoms with Crippen LogP contribution in [0.15, 0.2) is 82.4 Å². The number of methoxy groups -OCH3 is 2. The van der Waals surface area contributed by atoms with Gasteiger partial charge in [-0.25, -0.2) is 22.1 Å². The number of sulfonamides is 1. The lowest BCUT2D eigenvalue weighted by Crippen LogP contribution is -2.55. The fourth-order valence-electron chi connectivity index (χ4n) is 6.52. The van der Waals surface area contributed by atoms with Crippen LogP contribution in [0.1, 0.15) is 40.6 Å². The van der Waals surface area contributed by atoms with Gasteiger partial charge in [-0.1, -0.05) is 6.07 Å². The lowest BCUT2D eigenvalue weighted by molar-refractivity contribution is -0.127. The molecule has 3 heterocycles. The Morgan fingerprint density at radius 2 is 1.85 bits per heavy atom. The van der Waals surface area contributed by atoms with Crippen LogP contribution in [0.4, 0.5) is 10.1 Å². The highest BCUT2D eigenvalue weighted by atomic mass is 32.2. The van der Waals surface area contributed by atoms with E-state index in [-0.39, 0.29) is 46.3 Å². The van der Waals surface area contributed by atoms with Crippen LogP contribution in [0.5, 0.6) is 11.5 Å². The molecule has 0 N–H and O–H groups in total. The van der Waals surface area contributed by atoms with Gasteiger partial charge in [0.2, 0.25) is 5.89 Å². The molecule has 3 unspecified atom stereocenters. The number of hydrogen-bond acceptors (Lipinski definition) is 10. The summed E-state index contributed by atoms with van der Waals surface area (Å²) in [5.74, 6) is 0.00766. The second-order valence-corrected chi connectivity index (χ2v) is 13.2. The first-order valence-electron chi connectivity index (χ1n) is 14.5. The maximum atomic E-state index is 15.6. The van der Waals surface area contributed by atoms with Gasteiger partial charge < -0.3 is 18.8 Å². The number of likely N-dealkylation sites (tertiary alicyclic amines) is 1. The van der Waals surface area contributed by atoms with Crippen LogP contribution in [-0.4, -0.2) is 70.1 Å². The number of anilines is 1. The lowest BCUT2D eigenvalue weighted by atomic mass is 9.79. The molecule has 13 heteroatoms. The summed E-state index contributed by atoms with van der Waals surface area (Å²) < 4.78 is 62.1. The minimum absolute atomic E-state index is 0.0355. The molecule has 0 aliphatic carbocycles. The van der Waals surface area contributed by atoms with E-state index in [9.17, 15) is 13.7 Å². The van der Waals surface area contributed by atoms with E-state index in [2.05, 4.69) is 11.1 Å². The third-order valence-corrected chi connectivity index (χ3v) is 10.1. The van der Waals surface area contributed by atoms with E-state index in [4.69, 9.17) is 13.9 Å². The van der Waals surface area contributed by atoms with Crippen molar-refractivity contribution in [1.29, 1.82) is 5.26 Å². The van der Waals surface area contributed by atoms with Crippen LogP contribution in [-0.2, 0) is 26.9 Å². The number of aromatic nitrogens is 1. The highest BCUT2D eigenvalue weighted by Gasteiger charge is 2.64. The van der Waals surface area contributed by atoms with E-state index in [0.717, 1.165) is 9.87 Å². The number of nitriles is 1. The third kappa shape index (κ3) is 4.89. The fourth-order valence-corrected chi connectivity index (χ4v) is 7.98. The average Bonchev–Trinajstić information content (AvgIpc) is 3.77. The summed E-state index contributed by atoms with van der Waals surface area (Å²) in [4.78, 5) is 23.1. The number of nitrogens with zero attached hydrogens (tertiary/aromatic N) is 5. The summed E-state index contributed by atoms with van der Waals surface area (Å²) in [6, 6.07) is 16.6. The average molecular weight is 646 g/mol. The Labute approximate surface area is 266 Å². The number of fused-ring (bicyclic) bond motifs is 1. The van der Waals surface area contributed by atoms with Gasteiger partial charge in [-0.05, 0) is 74.3 Å². The second kappa shape index (κ2) is 11.9. The highest BCUT2D eigenvalue weighted by Crippen LogP contribution is 2.57. The number of hydrogen-bond donors (Lipinski definition) is 0. The molecule has 238 valence electrons. The van der Waals surface area contributed by atoms with E-state index in [1.165, 1.54) is 69.1 Å². The van der Waals surface area contributed by atoms with Crippen LogP contribution in [0.2, 0.25) is 0 Å². The Bertz CT molecular complexity index is 1930. The van der Waals surface area contributed by atoms with Crippen LogP contribution in [0, 0.1) is 11.3 Å². The van der Waals surface area contributed by atoms with Crippen molar-refractivity contribution in [3.05, 3.63) is 101 Å². The van der Waals surface area contributed by atoms with Gasteiger partial charge in [0.1, 0.15) is 23.9 Å². The molecule has 0 bridgehead atoms. The third-order valence-electron chi connectivity index (χ3n) is 8.40. The minimum Gasteiger partial charge on any atom is -0.497 e. The molecule has 1 aromatic heterocycles. The van der Waals surface area contributed by atoms with Crippen LogP contribution < -0.4 is 13.8 Å². The van der Waals surface area contributed by atoms with Gasteiger partial charge in [0.05, 0.1) is 48.7 Å². The van der Waals surface area contributed by atoms with Crippen molar-refractivity contribution in [3.63, 3.8) is 0 Å². The number of oxazole rings is 1. The fraction of sp³-hybridized carbons (Fsp3) is 0.303. The predicted octanol–water partition coefficient (Wildman–Crippen LogP) is 4.39. The zero-order valence-electron chi connectivity index (χ0n) is 25.7. The molecule has 6 rings (SSSR count). The van der Waals surface area contributed by atoms with Crippen molar-refractivity contribution in [2.24, 2.45) is 0 Å². The minimum atomic E-state index is -4.55. The lowest BCUT2D eigenvalue weighted by Gasteiger charge is -2.41. The van der Waals surface area contributed by atoms with Crippen molar-refractivity contribution < 1.29 is 31.5 Å². The van der Waals surface area contributed by atoms with Crippen molar-refractivity contribution in [2.45, 2.75) is 35.6 Å². The molecule has 3 atom stereocenters. The van der Waals surface area contributed by atoms with Gasteiger partial charge in [0, 0.05) is 30.6 Å². The number of halogens is 1. The Morgan fingerprint density at radius 1 is 1.09 bits per heavy atom. The van der Waals surface area contributed by atoms with Gasteiger partial charge in [0.25, 0.3) is 15.9 Å². The largest absolute Gasteiger partial charge is 0.497 e. The number of amides is 1. The second-order valence-electron chi connectivity index (χ2n) is 11.4. The molecule has 1 amide bonds. The molecular weight excluding hydrogens is 613 g/mol. The molecular formula is C33H32FN5O6S. The quantitative estimate of drug-likeness (QED) is 0.259. The topological polar surface area (TPSA) is 129 Å². The van der Waals surface area contributed by atoms with E-state index in [0.29, 0.717) is 17.9 Å². The Kier molecular flexibility index (Phi) is 8.05. The zero-order chi connectivity index (χ0) is 32.8. The van der Waals surface area contributed by atoms with Gasteiger partial charge in [0.15, 0.2) is 5.54 Å². The maximum absolute atomic E-state index is 15.6. The Hall–Kier alpha value is -4.77. The van der Waals surface area contributed by atoms with Crippen molar-refractivity contribution in [1.82, 2.24) is 14.8 Å². The van der Waals surface area contributed by atoms with Crippen molar-refractivity contribution in [3.8, 4) is 17.6 Å². The smallest absolute Gasteiger partial charge is 0.271 e. The first-order chi connectivity index (χ1) is 22.1. The predicted molar refractivity (Wildman–Crippen MR) is 165 cm³/mol. The number of ether oxygens (including phenoxy) is 2. The molecule has 0 spiro atoms. The summed E-state index contributed by atoms with van der Waals surface area (Å²) in [6.45, 7) is 0.224. The molecule has 1 saturated heterocycles. The zero-order valence-corrected chi connectivity index (χ0v) is 26.5. The molecule has 0 saturated carbocycles. The van der Waals surface area contributed by atoms with E-state index in [1.807, 2.05) is 25.1 Å². The SMILES string of the molecule is COc1ccc(S(=O)(=O)N2C(=O)C(c3cc(CN(C)C)ccc3OC)(N3CC(F)CC3c3ncco3)c3cc(C#N)ccc32)cc1. The van der Waals surface area contributed by atoms with Crippen molar-refractivity contribution in [2.75, 3.05) is 39.2 Å². The normalized spacial score (nSPS) is 21.4. The summed E-state index contributed by atoms with van der Waals surface area (Å²) in [5.41, 5.74) is -0.463. The van der Waals surface area contributed by atoms with Gasteiger partial charge in [-0.2, -0.15) is 5.26 Å². The van der Waals surface area contributed by atoms with E-state index in [1.54, 1.807) is 17.0 Å². The van der Waals surface area contributed by atoms with E-state index < -0.39 is 33.7 Å². The van der Waals surface area contributed by atoms with Crippen LogP contribution >= 0.6 is 0 Å². The van der Waals surface area contributed by atoms with Gasteiger partial charge >= 0.3 is 0 Å². The molecule has 4 aromatic rings. The summed E-state index contributed by atoms with van der Waals surface area (Å²) >= 11 is 0. The first kappa shape index (κ1) is 31.2. The number of carbonyl (C=O) groups excluding carboxylic acids is 1. The molecule has 1 fully saturated rings. The number of rotatable bonds is 9. The van der Waals surface area contributed by atoms with Crippen LogP contribution in [0.3, 0.4) is 0 Å². The first-order valence-corrected chi connectivity index (χ1v) is 15.9. The Balaban J connectivity index is 1.70. The summed E-state index contributed by atoms with van der Waals surface area (Å²) in [6.07, 6.45) is 1.33. The molecule has 11 nitrogen and oxygen atoms in total. The number of carbonyl (C=O) groups is 1. The summed E-state index contributed by atoms with van der Waals surface area (Å²) in [7, 11) is 2.14. The monoisotopic (exact) mass is 645 g/mol. The molecule has 3 aromatic carbocycles. The van der Waals surface area contributed by atoms with Gasteiger partial charge in [-0.3, -0.25) is 9.69 Å². The number of benzene rings is 3. The molecule has 0 radical (unpaired) electrons. The number of alkyl halides is 1. The van der Waals surface area contributed by atoms with Gasteiger partial charge in [-0.15, -0.1) is 0 Å². The molecule has 2 aliphatic rings. The highest BCUT2D eigenvalue weighted by molar-refractivity contribution is 7.93.